The number of rotatable bonds is 2. The Balaban J connectivity index is 2.24. The van der Waals surface area contributed by atoms with E-state index in [1.807, 2.05) is 0 Å². The van der Waals surface area contributed by atoms with E-state index in [2.05, 4.69) is 48.3 Å². The molecule has 1 heterocycles. The molecule has 1 fully saturated rings. The number of para-hydroxylation sites is 1. The van der Waals surface area contributed by atoms with E-state index >= 15 is 0 Å². The van der Waals surface area contributed by atoms with Gasteiger partial charge in [0.1, 0.15) is 0 Å². The normalized spacial score (nSPS) is 21.7. The third-order valence-electron chi connectivity index (χ3n) is 3.25. The van der Waals surface area contributed by atoms with E-state index in [0.717, 1.165) is 19.6 Å². The minimum atomic E-state index is 0.653. The van der Waals surface area contributed by atoms with E-state index in [1.54, 1.807) is 0 Å². The molecule has 1 aromatic rings. The molecule has 2 nitrogen and oxygen atoms in total. The number of nitrogens with zero attached hydrogens (tertiary/aromatic N) is 1. The minimum absolute atomic E-state index is 0.653. The van der Waals surface area contributed by atoms with Crippen LogP contribution in [0.25, 0.3) is 0 Å². The van der Waals surface area contributed by atoms with Crippen molar-refractivity contribution in [3.63, 3.8) is 0 Å². The second-order valence-corrected chi connectivity index (χ2v) is 4.25. The van der Waals surface area contributed by atoms with Crippen molar-refractivity contribution in [2.75, 3.05) is 24.5 Å². The van der Waals surface area contributed by atoms with Gasteiger partial charge in [-0.25, -0.2) is 0 Å². The van der Waals surface area contributed by atoms with E-state index in [9.17, 15) is 0 Å². The van der Waals surface area contributed by atoms with Crippen LogP contribution in [0.4, 0.5) is 5.69 Å². The molecule has 2 rings (SSSR count). The fourth-order valence-electron chi connectivity index (χ4n) is 2.33. The molecule has 0 radical (unpaired) electrons. The Morgan fingerprint density at radius 1 is 1.40 bits per heavy atom. The highest BCUT2D eigenvalue weighted by Crippen LogP contribution is 2.23. The van der Waals surface area contributed by atoms with Crippen LogP contribution < -0.4 is 10.2 Å². The second-order valence-electron chi connectivity index (χ2n) is 4.25. The van der Waals surface area contributed by atoms with Crippen LogP contribution in [0.15, 0.2) is 24.3 Å². The first-order valence-electron chi connectivity index (χ1n) is 5.86. The van der Waals surface area contributed by atoms with Crippen LogP contribution in [0.1, 0.15) is 18.9 Å². The highest BCUT2D eigenvalue weighted by atomic mass is 15.2. The van der Waals surface area contributed by atoms with Gasteiger partial charge in [0.15, 0.2) is 0 Å². The van der Waals surface area contributed by atoms with Crippen LogP contribution in [0.3, 0.4) is 0 Å². The van der Waals surface area contributed by atoms with E-state index in [1.165, 1.54) is 17.7 Å². The van der Waals surface area contributed by atoms with Crippen LogP contribution >= 0.6 is 0 Å². The molecule has 1 aliphatic rings. The summed E-state index contributed by atoms with van der Waals surface area (Å²) in [7, 11) is 0. The number of piperazine rings is 1. The van der Waals surface area contributed by atoms with Gasteiger partial charge in [-0.3, -0.25) is 0 Å². The van der Waals surface area contributed by atoms with E-state index in [-0.39, 0.29) is 0 Å². The molecule has 1 saturated heterocycles. The molecule has 15 heavy (non-hydrogen) atoms. The Labute approximate surface area is 92.3 Å². The maximum atomic E-state index is 3.46. The SMILES string of the molecule is CCC1CNCCN1c1ccccc1C. The van der Waals surface area contributed by atoms with E-state index in [0.29, 0.717) is 6.04 Å². The van der Waals surface area contributed by atoms with Gasteiger partial charge >= 0.3 is 0 Å². The Morgan fingerprint density at radius 2 is 2.20 bits per heavy atom. The summed E-state index contributed by atoms with van der Waals surface area (Å²) in [6.45, 7) is 7.81. The molecule has 2 heteroatoms. The first-order chi connectivity index (χ1) is 7.33. The molecular weight excluding hydrogens is 184 g/mol. The third-order valence-corrected chi connectivity index (χ3v) is 3.25. The molecule has 1 aliphatic heterocycles. The van der Waals surface area contributed by atoms with Crippen LogP contribution in [0.5, 0.6) is 0 Å². The summed E-state index contributed by atoms with van der Waals surface area (Å²) >= 11 is 0. The van der Waals surface area contributed by atoms with Gasteiger partial charge in [-0.15, -0.1) is 0 Å². The topological polar surface area (TPSA) is 15.3 Å². The molecule has 82 valence electrons. The van der Waals surface area contributed by atoms with Gasteiger partial charge in [0, 0.05) is 31.4 Å². The lowest BCUT2D eigenvalue weighted by molar-refractivity contribution is 0.466. The first-order valence-corrected chi connectivity index (χ1v) is 5.86. The van der Waals surface area contributed by atoms with Gasteiger partial charge < -0.3 is 10.2 Å². The zero-order valence-electron chi connectivity index (χ0n) is 9.66. The van der Waals surface area contributed by atoms with Gasteiger partial charge in [0.2, 0.25) is 0 Å². The van der Waals surface area contributed by atoms with Crippen LogP contribution in [0.2, 0.25) is 0 Å². The minimum Gasteiger partial charge on any atom is -0.366 e. The van der Waals surface area contributed by atoms with Gasteiger partial charge in [0.05, 0.1) is 0 Å². The molecule has 0 aromatic heterocycles. The van der Waals surface area contributed by atoms with Crippen molar-refractivity contribution in [3.8, 4) is 0 Å². The summed E-state index contributed by atoms with van der Waals surface area (Å²) < 4.78 is 0. The number of hydrogen-bond donors (Lipinski definition) is 1. The molecule has 0 aliphatic carbocycles. The predicted molar refractivity (Wildman–Crippen MR) is 65.5 cm³/mol. The monoisotopic (exact) mass is 204 g/mol. The highest BCUT2D eigenvalue weighted by molar-refractivity contribution is 5.54. The average molecular weight is 204 g/mol. The van der Waals surface area contributed by atoms with Crippen LogP contribution in [0, 0.1) is 6.92 Å². The summed E-state index contributed by atoms with van der Waals surface area (Å²) in [5.41, 5.74) is 2.80. The fraction of sp³-hybridized carbons (Fsp3) is 0.538. The summed E-state index contributed by atoms with van der Waals surface area (Å²) in [5, 5.41) is 3.46. The average Bonchev–Trinajstić information content (AvgIpc) is 2.30. The molecule has 0 spiro atoms. The van der Waals surface area contributed by atoms with Crippen molar-refractivity contribution in [2.45, 2.75) is 26.3 Å². The Morgan fingerprint density at radius 3 is 2.93 bits per heavy atom. The summed E-state index contributed by atoms with van der Waals surface area (Å²) in [5.74, 6) is 0. The zero-order valence-corrected chi connectivity index (χ0v) is 9.66. The standard InChI is InChI=1S/C13H20N2/c1-3-12-10-14-8-9-15(12)13-7-5-4-6-11(13)2/h4-7,12,14H,3,8-10H2,1-2H3. The van der Waals surface area contributed by atoms with Crippen molar-refractivity contribution < 1.29 is 0 Å². The third kappa shape index (κ3) is 2.15. The molecule has 0 bridgehead atoms. The smallest absolute Gasteiger partial charge is 0.0412 e. The maximum absolute atomic E-state index is 3.46. The van der Waals surface area contributed by atoms with Crippen molar-refractivity contribution >= 4 is 5.69 Å². The van der Waals surface area contributed by atoms with Gasteiger partial charge in [-0.05, 0) is 25.0 Å². The van der Waals surface area contributed by atoms with Crippen molar-refractivity contribution in [1.82, 2.24) is 5.32 Å². The fourth-order valence-corrected chi connectivity index (χ4v) is 2.33. The first kappa shape index (κ1) is 10.5. The molecule has 1 aromatic carbocycles. The van der Waals surface area contributed by atoms with Gasteiger partial charge in [-0.2, -0.15) is 0 Å². The number of aryl methyl sites for hydroxylation is 1. The van der Waals surface area contributed by atoms with Crippen molar-refractivity contribution in [3.05, 3.63) is 29.8 Å². The van der Waals surface area contributed by atoms with Gasteiger partial charge in [-0.1, -0.05) is 25.1 Å². The van der Waals surface area contributed by atoms with E-state index < -0.39 is 0 Å². The second kappa shape index (κ2) is 4.67. The highest BCUT2D eigenvalue weighted by Gasteiger charge is 2.21. The largest absolute Gasteiger partial charge is 0.366 e. The lowest BCUT2D eigenvalue weighted by atomic mass is 10.1. The molecule has 1 unspecified atom stereocenters. The molecular formula is C13H20N2. The Hall–Kier alpha value is -1.02. The summed E-state index contributed by atoms with van der Waals surface area (Å²) in [6, 6.07) is 9.34. The van der Waals surface area contributed by atoms with Crippen LogP contribution in [-0.4, -0.2) is 25.7 Å². The van der Waals surface area contributed by atoms with Crippen molar-refractivity contribution in [1.29, 1.82) is 0 Å². The number of nitrogens with one attached hydrogen (secondary N) is 1. The Kier molecular flexibility index (Phi) is 3.27. The molecule has 1 atom stereocenters. The number of hydrogen-bond acceptors (Lipinski definition) is 2. The summed E-state index contributed by atoms with van der Waals surface area (Å²) in [6.07, 6.45) is 1.21. The quantitative estimate of drug-likeness (QED) is 0.794. The lowest BCUT2D eigenvalue weighted by Crippen LogP contribution is -2.51. The van der Waals surface area contributed by atoms with Gasteiger partial charge in [0.25, 0.3) is 0 Å². The molecule has 1 N–H and O–H groups in total. The van der Waals surface area contributed by atoms with Crippen LogP contribution in [-0.2, 0) is 0 Å². The molecule has 0 saturated carbocycles. The zero-order chi connectivity index (χ0) is 10.7. The molecule has 0 amide bonds. The maximum Gasteiger partial charge on any atom is 0.0412 e. The van der Waals surface area contributed by atoms with E-state index in [4.69, 9.17) is 0 Å². The van der Waals surface area contributed by atoms with Crippen molar-refractivity contribution in [2.24, 2.45) is 0 Å². The lowest BCUT2D eigenvalue weighted by Gasteiger charge is -2.38. The summed E-state index contributed by atoms with van der Waals surface area (Å²) in [4.78, 5) is 2.55. The Bertz CT molecular complexity index is 322. The predicted octanol–water partition coefficient (Wildman–Crippen LogP) is 2.18. The number of benzene rings is 1. The number of anilines is 1.